The fourth-order valence-corrected chi connectivity index (χ4v) is 2.25. The van der Waals surface area contributed by atoms with Crippen molar-refractivity contribution in [3.8, 4) is 0 Å². The first-order valence-electron chi connectivity index (χ1n) is 8.06. The summed E-state index contributed by atoms with van der Waals surface area (Å²) in [6.07, 6.45) is 9.43. The molecule has 0 saturated heterocycles. The lowest BCUT2D eigenvalue weighted by atomic mass is 9.88. The maximum absolute atomic E-state index is 11.7. The summed E-state index contributed by atoms with van der Waals surface area (Å²) in [5.41, 5.74) is 6.20. The van der Waals surface area contributed by atoms with Crippen LogP contribution in [-0.4, -0.2) is 18.6 Å². The molecule has 1 atom stereocenters. The van der Waals surface area contributed by atoms with E-state index < -0.39 is 0 Å². The van der Waals surface area contributed by atoms with E-state index in [1.807, 2.05) is 0 Å². The Hall–Kier alpha value is -0.570. The molecule has 0 aromatic rings. The van der Waals surface area contributed by atoms with Crippen LogP contribution in [0.1, 0.15) is 78.6 Å². The number of nitrogens with two attached hydrogens (primary N) is 1. The summed E-state index contributed by atoms with van der Waals surface area (Å²) < 4.78 is 5.19. The third kappa shape index (κ3) is 9.94. The van der Waals surface area contributed by atoms with Crippen LogP contribution in [0.2, 0.25) is 0 Å². The molecule has 3 nitrogen and oxygen atoms in total. The van der Waals surface area contributed by atoms with Crippen molar-refractivity contribution in [1.82, 2.24) is 0 Å². The SMILES string of the molecule is CCCCOC(=O)CC(N)C(CCCC)CCCC. The van der Waals surface area contributed by atoms with Gasteiger partial charge in [-0.15, -0.1) is 0 Å². The molecule has 0 aromatic heterocycles. The van der Waals surface area contributed by atoms with Crippen LogP contribution in [0.3, 0.4) is 0 Å². The molecule has 0 amide bonds. The van der Waals surface area contributed by atoms with E-state index in [4.69, 9.17) is 10.5 Å². The zero-order valence-electron chi connectivity index (χ0n) is 13.1. The van der Waals surface area contributed by atoms with Crippen LogP contribution in [-0.2, 0) is 9.53 Å². The summed E-state index contributed by atoms with van der Waals surface area (Å²) in [6.45, 7) is 7.02. The Balaban J connectivity index is 4.05. The molecule has 0 spiro atoms. The van der Waals surface area contributed by atoms with Crippen molar-refractivity contribution in [2.75, 3.05) is 6.61 Å². The zero-order chi connectivity index (χ0) is 14.5. The van der Waals surface area contributed by atoms with Gasteiger partial charge in [0.2, 0.25) is 0 Å². The van der Waals surface area contributed by atoms with Crippen LogP contribution >= 0.6 is 0 Å². The van der Waals surface area contributed by atoms with Gasteiger partial charge in [-0.1, -0.05) is 52.9 Å². The molecule has 0 aliphatic rings. The maximum atomic E-state index is 11.7. The summed E-state index contributed by atoms with van der Waals surface area (Å²) in [6, 6.07) is -0.0350. The highest BCUT2D eigenvalue weighted by Gasteiger charge is 2.20. The topological polar surface area (TPSA) is 52.3 Å². The van der Waals surface area contributed by atoms with Gasteiger partial charge in [0.15, 0.2) is 0 Å². The minimum atomic E-state index is -0.126. The summed E-state index contributed by atoms with van der Waals surface area (Å²) in [4.78, 5) is 11.7. The van der Waals surface area contributed by atoms with Crippen LogP contribution in [0.25, 0.3) is 0 Å². The molecule has 1 unspecified atom stereocenters. The molecular formula is C16H33NO2. The van der Waals surface area contributed by atoms with Crippen LogP contribution in [0.15, 0.2) is 0 Å². The molecule has 114 valence electrons. The highest BCUT2D eigenvalue weighted by molar-refractivity contribution is 5.70. The van der Waals surface area contributed by atoms with Crippen molar-refractivity contribution >= 4 is 5.97 Å². The molecule has 0 aliphatic carbocycles. The molecule has 2 N–H and O–H groups in total. The molecule has 3 heteroatoms. The van der Waals surface area contributed by atoms with Gasteiger partial charge >= 0.3 is 5.97 Å². The molecule has 0 aliphatic heterocycles. The van der Waals surface area contributed by atoms with E-state index in [0.29, 0.717) is 18.9 Å². The average molecular weight is 271 g/mol. The molecule has 0 fully saturated rings. The lowest BCUT2D eigenvalue weighted by molar-refractivity contribution is -0.144. The van der Waals surface area contributed by atoms with Crippen molar-refractivity contribution in [2.45, 2.75) is 84.6 Å². The molecule has 0 rings (SSSR count). The van der Waals surface area contributed by atoms with Crippen molar-refractivity contribution in [2.24, 2.45) is 11.7 Å². The van der Waals surface area contributed by atoms with Crippen molar-refractivity contribution in [3.05, 3.63) is 0 Å². The predicted octanol–water partition coefficient (Wildman–Crippen LogP) is 4.04. The second kappa shape index (κ2) is 12.5. The Labute approximate surface area is 119 Å². The number of esters is 1. The van der Waals surface area contributed by atoms with E-state index in [1.54, 1.807) is 0 Å². The van der Waals surface area contributed by atoms with Crippen molar-refractivity contribution in [1.29, 1.82) is 0 Å². The number of carbonyl (C=O) groups excluding carboxylic acids is 1. The van der Waals surface area contributed by atoms with E-state index >= 15 is 0 Å². The minimum Gasteiger partial charge on any atom is -0.466 e. The quantitative estimate of drug-likeness (QED) is 0.430. The maximum Gasteiger partial charge on any atom is 0.307 e. The number of unbranched alkanes of at least 4 members (excludes halogenated alkanes) is 3. The molecule has 0 bridgehead atoms. The van der Waals surface area contributed by atoms with Crippen LogP contribution < -0.4 is 5.73 Å². The highest BCUT2D eigenvalue weighted by atomic mass is 16.5. The summed E-state index contributed by atoms with van der Waals surface area (Å²) in [5, 5.41) is 0. The van der Waals surface area contributed by atoms with Gasteiger partial charge in [0, 0.05) is 6.04 Å². The van der Waals surface area contributed by atoms with E-state index in [0.717, 1.165) is 25.7 Å². The number of ether oxygens (including phenoxy) is 1. The zero-order valence-corrected chi connectivity index (χ0v) is 13.1. The second-order valence-electron chi connectivity index (χ2n) is 5.49. The average Bonchev–Trinajstić information content (AvgIpc) is 2.39. The van der Waals surface area contributed by atoms with Gasteiger partial charge in [-0.2, -0.15) is 0 Å². The predicted molar refractivity (Wildman–Crippen MR) is 81.0 cm³/mol. The monoisotopic (exact) mass is 271 g/mol. The molecule has 0 saturated carbocycles. The summed E-state index contributed by atoms with van der Waals surface area (Å²) in [5.74, 6) is 0.345. The van der Waals surface area contributed by atoms with E-state index in [-0.39, 0.29) is 12.0 Å². The molecule has 0 radical (unpaired) electrons. The van der Waals surface area contributed by atoms with Gasteiger partial charge in [0.25, 0.3) is 0 Å². The fraction of sp³-hybridized carbons (Fsp3) is 0.938. The van der Waals surface area contributed by atoms with Gasteiger partial charge in [-0.25, -0.2) is 0 Å². The Morgan fingerprint density at radius 1 is 1.00 bits per heavy atom. The molecule has 0 heterocycles. The number of hydrogen-bond donors (Lipinski definition) is 1. The molecule has 19 heavy (non-hydrogen) atoms. The first-order chi connectivity index (χ1) is 9.15. The number of rotatable bonds is 12. The van der Waals surface area contributed by atoms with E-state index in [9.17, 15) is 4.79 Å². The van der Waals surface area contributed by atoms with Crippen LogP contribution in [0.4, 0.5) is 0 Å². The Morgan fingerprint density at radius 3 is 2.00 bits per heavy atom. The first kappa shape index (κ1) is 18.4. The Kier molecular flexibility index (Phi) is 12.1. The standard InChI is InChI=1S/C16H33NO2/c1-4-7-10-14(11-8-5-2)15(17)13-16(18)19-12-9-6-3/h14-15H,4-13,17H2,1-3H3. The largest absolute Gasteiger partial charge is 0.466 e. The van der Waals surface area contributed by atoms with Crippen LogP contribution in [0, 0.1) is 5.92 Å². The van der Waals surface area contributed by atoms with Gasteiger partial charge < -0.3 is 10.5 Å². The molecular weight excluding hydrogens is 238 g/mol. The fourth-order valence-electron chi connectivity index (χ4n) is 2.25. The number of carbonyl (C=O) groups is 1. The molecule has 0 aromatic carbocycles. The Morgan fingerprint density at radius 2 is 1.53 bits per heavy atom. The minimum absolute atomic E-state index is 0.0350. The number of hydrogen-bond acceptors (Lipinski definition) is 3. The third-order valence-electron chi connectivity index (χ3n) is 3.63. The van der Waals surface area contributed by atoms with E-state index in [2.05, 4.69) is 20.8 Å². The van der Waals surface area contributed by atoms with Gasteiger partial charge in [-0.05, 0) is 25.2 Å². The normalized spacial score (nSPS) is 12.7. The van der Waals surface area contributed by atoms with Gasteiger partial charge in [0.1, 0.15) is 0 Å². The smallest absolute Gasteiger partial charge is 0.307 e. The van der Waals surface area contributed by atoms with Crippen molar-refractivity contribution < 1.29 is 9.53 Å². The third-order valence-corrected chi connectivity index (χ3v) is 3.63. The second-order valence-corrected chi connectivity index (χ2v) is 5.49. The lowest BCUT2D eigenvalue weighted by Gasteiger charge is -2.23. The first-order valence-corrected chi connectivity index (χ1v) is 8.06. The van der Waals surface area contributed by atoms with Gasteiger partial charge in [0.05, 0.1) is 13.0 Å². The highest BCUT2D eigenvalue weighted by Crippen LogP contribution is 2.21. The van der Waals surface area contributed by atoms with E-state index in [1.165, 1.54) is 25.7 Å². The lowest BCUT2D eigenvalue weighted by Crippen LogP contribution is -2.33. The Bertz CT molecular complexity index is 211. The van der Waals surface area contributed by atoms with Crippen molar-refractivity contribution in [3.63, 3.8) is 0 Å². The summed E-state index contributed by atoms with van der Waals surface area (Å²) >= 11 is 0. The van der Waals surface area contributed by atoms with Crippen LogP contribution in [0.5, 0.6) is 0 Å². The summed E-state index contributed by atoms with van der Waals surface area (Å²) in [7, 11) is 0. The van der Waals surface area contributed by atoms with Gasteiger partial charge in [-0.3, -0.25) is 4.79 Å².